The van der Waals surface area contributed by atoms with Crippen molar-refractivity contribution in [2.24, 2.45) is 0 Å². The molecule has 0 bridgehead atoms. The van der Waals surface area contributed by atoms with E-state index in [9.17, 15) is 24.3 Å². The van der Waals surface area contributed by atoms with Gasteiger partial charge in [0.2, 0.25) is 5.95 Å². The topological polar surface area (TPSA) is 201 Å². The van der Waals surface area contributed by atoms with Crippen molar-refractivity contribution in [2.75, 3.05) is 41.9 Å². The number of methoxy groups -OCH3 is 1. The molecule has 2 unspecified atom stereocenters. The monoisotopic (exact) mass is 523 g/mol. The van der Waals surface area contributed by atoms with Gasteiger partial charge in [0.1, 0.15) is 11.7 Å². The summed E-state index contributed by atoms with van der Waals surface area (Å²) in [5.41, 5.74) is 6.48. The van der Waals surface area contributed by atoms with Crippen LogP contribution < -0.4 is 32.6 Å². The molecule has 0 aliphatic carbocycles. The first kappa shape index (κ1) is 26.6. The number of rotatable bonds is 9. The number of aromatic amines is 1. The summed E-state index contributed by atoms with van der Waals surface area (Å²) in [7, 11) is 1.21. The molecule has 1 aromatic heterocycles. The Morgan fingerprint density at radius 3 is 2.65 bits per heavy atom. The summed E-state index contributed by atoms with van der Waals surface area (Å²) in [6.45, 7) is 0.981. The van der Waals surface area contributed by atoms with Gasteiger partial charge >= 0.3 is 11.9 Å². The van der Waals surface area contributed by atoms with Crippen molar-refractivity contribution in [2.45, 2.75) is 24.9 Å². The van der Waals surface area contributed by atoms with E-state index in [0.29, 0.717) is 24.6 Å². The van der Waals surface area contributed by atoms with Crippen LogP contribution in [0, 0.1) is 0 Å². The van der Waals surface area contributed by atoms with E-state index in [1.807, 2.05) is 0 Å². The fourth-order valence-corrected chi connectivity index (χ4v) is 3.19. The number of ether oxygens (including phenoxy) is 1. The zero-order valence-corrected chi connectivity index (χ0v) is 21.5. The third kappa shape index (κ3) is 6.91. The number of aromatic nitrogens is 2. The third-order valence-corrected chi connectivity index (χ3v) is 4.97. The minimum atomic E-state index is -1.24. The van der Waals surface area contributed by atoms with Crippen LogP contribution in [0.25, 0.3) is 0 Å². The molecule has 8 N–H and O–H groups in total. The first-order valence-corrected chi connectivity index (χ1v) is 10.1. The molecule has 34 heavy (non-hydrogen) atoms. The number of nitrogens with two attached hydrogens (primary N) is 1. The zero-order chi connectivity index (χ0) is 24.0. The van der Waals surface area contributed by atoms with E-state index in [0.717, 1.165) is 5.69 Å². The van der Waals surface area contributed by atoms with E-state index in [4.69, 9.17) is 5.73 Å². The Hall–Kier alpha value is -3.67. The van der Waals surface area contributed by atoms with Crippen molar-refractivity contribution >= 4 is 41.0 Å². The predicted octanol–water partition coefficient (Wildman–Crippen LogP) is -0.196. The van der Waals surface area contributed by atoms with Gasteiger partial charge in [-0.25, -0.2) is 4.79 Å². The second kappa shape index (κ2) is 12.0. The molecule has 1 aliphatic heterocycles. The molecule has 0 radical (unpaired) electrons. The van der Waals surface area contributed by atoms with Gasteiger partial charge in [0.15, 0.2) is 5.82 Å². The minimum Gasteiger partial charge on any atom is -0.480 e. The molecule has 178 valence electrons. The number of benzene rings is 1. The number of H-pyrrole nitrogens is 1. The van der Waals surface area contributed by atoms with Gasteiger partial charge in [-0.3, -0.25) is 19.4 Å². The largest absolute Gasteiger partial charge is 0.480 e. The first-order chi connectivity index (χ1) is 15.8. The van der Waals surface area contributed by atoms with Crippen LogP contribution in [0.2, 0.25) is 0 Å². The van der Waals surface area contributed by atoms with Crippen molar-refractivity contribution in [3.8, 4) is 0 Å². The Kier molecular flexibility index (Phi) is 9.37. The number of anilines is 4. The second-order valence-electron chi connectivity index (χ2n) is 7.33. The van der Waals surface area contributed by atoms with E-state index >= 15 is 0 Å². The molecule has 0 saturated heterocycles. The molecule has 1 aliphatic rings. The Morgan fingerprint density at radius 2 is 2.00 bits per heavy atom. The molecule has 3 rings (SSSR count). The Morgan fingerprint density at radius 1 is 1.29 bits per heavy atom. The van der Waals surface area contributed by atoms with Gasteiger partial charge in [-0.05, 0) is 30.7 Å². The van der Waals surface area contributed by atoms with Crippen molar-refractivity contribution in [3.05, 3.63) is 40.2 Å². The predicted molar refractivity (Wildman–Crippen MR) is 120 cm³/mol. The maximum absolute atomic E-state index is 12.4. The summed E-state index contributed by atoms with van der Waals surface area (Å²) in [5, 5.41) is 21.0. The van der Waals surface area contributed by atoms with Crippen LogP contribution in [0.1, 0.15) is 23.2 Å². The molecule has 1 amide bonds. The van der Waals surface area contributed by atoms with Crippen LogP contribution in [0.3, 0.4) is 0 Å². The van der Waals surface area contributed by atoms with Crippen molar-refractivity contribution in [1.29, 1.82) is 0 Å². The summed E-state index contributed by atoms with van der Waals surface area (Å²) in [6.07, 6.45) is -0.204. The third-order valence-electron chi connectivity index (χ3n) is 4.97. The van der Waals surface area contributed by atoms with Gasteiger partial charge in [0, 0.05) is 50.2 Å². The van der Waals surface area contributed by atoms with Crippen LogP contribution in [0.4, 0.5) is 23.1 Å². The number of carboxylic acids is 1. The average Bonchev–Trinajstić information content (AvgIpc) is 2.80. The number of carbonyl (C=O) groups is 3. The number of aliphatic carboxylic acids is 1. The average molecular weight is 525 g/mol. The number of amides is 1. The molecular formula is C20H25N7O6Zn. The number of hydrogen-bond acceptors (Lipinski definition) is 10. The summed E-state index contributed by atoms with van der Waals surface area (Å²) < 4.78 is 4.49. The molecule has 2 aromatic rings. The summed E-state index contributed by atoms with van der Waals surface area (Å²) >= 11 is 0. The van der Waals surface area contributed by atoms with Crippen LogP contribution in [0.15, 0.2) is 29.1 Å². The minimum absolute atomic E-state index is 0. The zero-order valence-electron chi connectivity index (χ0n) is 18.5. The smallest absolute Gasteiger partial charge is 0.326 e. The van der Waals surface area contributed by atoms with E-state index in [-0.39, 0.29) is 55.4 Å². The van der Waals surface area contributed by atoms with Crippen molar-refractivity contribution < 1.29 is 43.7 Å². The van der Waals surface area contributed by atoms with Crippen LogP contribution >= 0.6 is 0 Å². The summed E-state index contributed by atoms with van der Waals surface area (Å²) in [4.78, 5) is 53.5. The van der Waals surface area contributed by atoms with Crippen molar-refractivity contribution in [1.82, 2.24) is 15.3 Å². The number of carboxylic acid groups (broad SMARTS) is 1. The van der Waals surface area contributed by atoms with Crippen LogP contribution in [0.5, 0.6) is 0 Å². The molecule has 14 heteroatoms. The van der Waals surface area contributed by atoms with E-state index in [2.05, 4.69) is 36.0 Å². The van der Waals surface area contributed by atoms with Gasteiger partial charge in [-0.15, -0.1) is 0 Å². The number of nitrogens with zero attached hydrogens (tertiary/aromatic N) is 1. The van der Waals surface area contributed by atoms with Crippen molar-refractivity contribution in [3.63, 3.8) is 0 Å². The number of hydrogen-bond donors (Lipinski definition) is 7. The van der Waals surface area contributed by atoms with Gasteiger partial charge in [0.25, 0.3) is 11.5 Å². The fraction of sp³-hybridized carbons (Fsp3) is 0.350. The van der Waals surface area contributed by atoms with Crippen LogP contribution in [-0.4, -0.2) is 65.2 Å². The van der Waals surface area contributed by atoms with Gasteiger partial charge < -0.3 is 36.8 Å². The SMILES string of the molecule is COC(=O)CCC(NC(=O)c1ccc(NCC2CNc3nc(N)[nH]c(=O)c3N2)cc1)C(=O)O.[Zn]. The summed E-state index contributed by atoms with van der Waals surface area (Å²) in [5.74, 6) is -1.93. The Labute approximate surface area is 207 Å². The van der Waals surface area contributed by atoms with E-state index in [1.54, 1.807) is 24.3 Å². The standard InChI is InChI=1S/C20H25N7O6.Zn/c1-33-14(28)7-6-13(19(31)32)25-17(29)10-2-4-11(5-3-10)22-8-12-9-23-16-15(24-12)18(30)27-20(21)26-16;/h2-5,12-13,22,24H,6-9H2,1H3,(H,25,29)(H,31,32)(H4,21,23,26,27,30);. The van der Waals surface area contributed by atoms with Crippen LogP contribution in [-0.2, 0) is 33.8 Å². The second-order valence-corrected chi connectivity index (χ2v) is 7.33. The first-order valence-electron chi connectivity index (χ1n) is 10.1. The molecule has 0 saturated carbocycles. The van der Waals surface area contributed by atoms with E-state index in [1.165, 1.54) is 7.11 Å². The number of fused-ring (bicyclic) bond motifs is 1. The Balaban J connectivity index is 0.00000408. The van der Waals surface area contributed by atoms with Gasteiger partial charge in [-0.2, -0.15) is 4.98 Å². The maximum Gasteiger partial charge on any atom is 0.326 e. The molecular weight excluding hydrogens is 500 g/mol. The number of carbonyl (C=O) groups excluding carboxylic acids is 2. The Bertz CT molecular complexity index is 1090. The molecule has 13 nitrogen and oxygen atoms in total. The molecule has 2 heterocycles. The molecule has 0 fully saturated rings. The number of nitrogens with one attached hydrogen (secondary N) is 5. The quantitative estimate of drug-likeness (QED) is 0.169. The number of nitrogen functional groups attached to an aromatic ring is 1. The number of esters is 1. The molecule has 0 spiro atoms. The summed E-state index contributed by atoms with van der Waals surface area (Å²) in [6, 6.07) is 5.14. The maximum atomic E-state index is 12.4. The fourth-order valence-electron chi connectivity index (χ4n) is 3.19. The molecule has 2 atom stereocenters. The van der Waals surface area contributed by atoms with E-state index < -0.39 is 23.9 Å². The molecule has 1 aromatic carbocycles. The van der Waals surface area contributed by atoms with Gasteiger partial charge in [0.05, 0.1) is 13.2 Å². The van der Waals surface area contributed by atoms with Gasteiger partial charge in [-0.1, -0.05) is 0 Å². The normalized spacial score (nSPS) is 14.8.